The molecule has 1 aliphatic rings. The van der Waals surface area contributed by atoms with Crippen molar-refractivity contribution in [3.63, 3.8) is 0 Å². The zero-order valence-corrected chi connectivity index (χ0v) is 17.6. The van der Waals surface area contributed by atoms with Crippen LogP contribution in [0.15, 0.2) is 72.8 Å². The van der Waals surface area contributed by atoms with Crippen LogP contribution in [0.5, 0.6) is 0 Å². The molecule has 0 atom stereocenters. The molecule has 24 heavy (non-hydrogen) atoms. The van der Waals surface area contributed by atoms with Crippen molar-refractivity contribution in [3.05, 3.63) is 104 Å². The Morgan fingerprint density at radius 1 is 0.958 bits per heavy atom. The average molecular weight is 366 g/mol. The van der Waals surface area contributed by atoms with Gasteiger partial charge in [0.2, 0.25) is 0 Å². The van der Waals surface area contributed by atoms with Gasteiger partial charge in [-0.3, -0.25) is 0 Å². The van der Waals surface area contributed by atoms with E-state index in [1.807, 2.05) is 36.4 Å². The van der Waals surface area contributed by atoms with Crippen LogP contribution in [0.1, 0.15) is 11.1 Å². The summed E-state index contributed by atoms with van der Waals surface area (Å²) in [7, 11) is -0.389. The summed E-state index contributed by atoms with van der Waals surface area (Å²) in [5.74, 6) is 0. The Balaban J connectivity index is 0.000000409. The monoisotopic (exact) mass is 366 g/mol. The SMILES string of the molecule is [CH2-][SiH](C)C.[CH3-].[Ti+4].[c-]1cccc2c1Cc1ccccc1-2.c1cc[cH-]c1. The normalized spacial score (nSPS) is 9.83. The van der Waals surface area contributed by atoms with Gasteiger partial charge in [0, 0.05) is 0 Å². The van der Waals surface area contributed by atoms with E-state index in [2.05, 4.69) is 62.1 Å². The molecule has 0 unspecified atom stereocenters. The van der Waals surface area contributed by atoms with Gasteiger partial charge in [-0.15, -0.1) is 14.4 Å². The average Bonchev–Trinajstić information content (AvgIpc) is 3.18. The van der Waals surface area contributed by atoms with Crippen LogP contribution in [0.3, 0.4) is 0 Å². The molecule has 3 aromatic carbocycles. The van der Waals surface area contributed by atoms with Crippen molar-refractivity contribution in [1.82, 2.24) is 0 Å². The Labute approximate surface area is 164 Å². The van der Waals surface area contributed by atoms with Crippen molar-refractivity contribution in [1.29, 1.82) is 0 Å². The molecule has 1 aliphatic carbocycles. The molecule has 0 aliphatic heterocycles. The molecule has 122 valence electrons. The standard InChI is InChI=1S/C13H9.C5H5.C3H9Si.CH3.Ti/c1-3-7-12-10(5-1)9-11-6-2-4-8-13(11)12;1-2-4-5-3-1;1-4(2)3;;/h1-5,7-8H,9H2;1-5H;4H,1H2,2-3H3;1H3;/q4*-1;+4. The van der Waals surface area contributed by atoms with E-state index >= 15 is 0 Å². The smallest absolute Gasteiger partial charge is 0.358 e. The number of hydrogen-bond acceptors (Lipinski definition) is 0. The minimum atomic E-state index is -0.389. The van der Waals surface area contributed by atoms with Gasteiger partial charge in [-0.05, 0) is 6.42 Å². The van der Waals surface area contributed by atoms with E-state index in [0.29, 0.717) is 0 Å². The molecule has 0 nitrogen and oxygen atoms in total. The van der Waals surface area contributed by atoms with Gasteiger partial charge in [0.1, 0.15) is 0 Å². The quantitative estimate of drug-likeness (QED) is 0.274. The van der Waals surface area contributed by atoms with E-state index in [4.69, 9.17) is 0 Å². The minimum Gasteiger partial charge on any atom is -0.358 e. The van der Waals surface area contributed by atoms with Gasteiger partial charge in [0.25, 0.3) is 0 Å². The van der Waals surface area contributed by atoms with Crippen LogP contribution in [-0.4, -0.2) is 8.80 Å². The van der Waals surface area contributed by atoms with E-state index in [1.165, 1.54) is 22.3 Å². The summed E-state index contributed by atoms with van der Waals surface area (Å²) in [6, 6.07) is 28.1. The second kappa shape index (κ2) is 12.1. The molecular formula is C22H26SiTi. The summed E-state index contributed by atoms with van der Waals surface area (Å²) in [5, 5.41) is 0. The van der Waals surface area contributed by atoms with Crippen molar-refractivity contribution in [2.45, 2.75) is 19.5 Å². The summed E-state index contributed by atoms with van der Waals surface area (Å²) < 4.78 is 0. The Kier molecular flexibility index (Phi) is 11.5. The molecule has 3 aromatic rings. The summed E-state index contributed by atoms with van der Waals surface area (Å²) in [6.07, 6.45) is 1.05. The third kappa shape index (κ3) is 7.09. The topological polar surface area (TPSA) is 0 Å². The van der Waals surface area contributed by atoms with E-state index in [9.17, 15) is 0 Å². The minimum absolute atomic E-state index is 0. The summed E-state index contributed by atoms with van der Waals surface area (Å²) >= 11 is 0. The van der Waals surface area contributed by atoms with Crippen molar-refractivity contribution in [3.8, 4) is 11.1 Å². The van der Waals surface area contributed by atoms with Gasteiger partial charge in [-0.1, -0.05) is 48.5 Å². The Morgan fingerprint density at radius 2 is 1.54 bits per heavy atom. The van der Waals surface area contributed by atoms with E-state index < -0.39 is 0 Å². The number of hydrogen-bond donors (Lipinski definition) is 0. The molecule has 0 bridgehead atoms. The molecule has 0 heterocycles. The molecule has 0 N–H and O–H groups in total. The molecule has 0 aromatic heterocycles. The van der Waals surface area contributed by atoms with Gasteiger partial charge in [-0.25, -0.2) is 12.1 Å². The first-order valence-corrected chi connectivity index (χ1v) is 10.9. The van der Waals surface area contributed by atoms with Gasteiger partial charge in [0.05, 0.1) is 0 Å². The van der Waals surface area contributed by atoms with E-state index in [1.54, 1.807) is 0 Å². The first-order chi connectivity index (χ1) is 10.7. The third-order valence-corrected chi connectivity index (χ3v) is 3.17. The third-order valence-electron chi connectivity index (χ3n) is 3.17. The van der Waals surface area contributed by atoms with Gasteiger partial charge >= 0.3 is 21.7 Å². The van der Waals surface area contributed by atoms with E-state index in [-0.39, 0.29) is 37.9 Å². The molecule has 0 amide bonds. The molecule has 0 saturated carbocycles. The fourth-order valence-electron chi connectivity index (χ4n) is 2.32. The van der Waals surface area contributed by atoms with Crippen LogP contribution in [0.2, 0.25) is 13.1 Å². The zero-order valence-electron chi connectivity index (χ0n) is 14.9. The largest absolute Gasteiger partial charge is 4.00 e. The van der Waals surface area contributed by atoms with Crippen LogP contribution in [0, 0.1) is 20.0 Å². The van der Waals surface area contributed by atoms with Crippen molar-refractivity contribution >= 4 is 8.80 Å². The maximum Gasteiger partial charge on any atom is 4.00 e. The van der Waals surface area contributed by atoms with Gasteiger partial charge in [0.15, 0.2) is 0 Å². The second-order valence-electron chi connectivity index (χ2n) is 5.75. The molecule has 0 spiro atoms. The van der Waals surface area contributed by atoms with Crippen LogP contribution >= 0.6 is 0 Å². The predicted molar refractivity (Wildman–Crippen MR) is 106 cm³/mol. The summed E-state index contributed by atoms with van der Waals surface area (Å²) in [5.41, 5.74) is 5.51. The predicted octanol–water partition coefficient (Wildman–Crippen LogP) is 5.76. The van der Waals surface area contributed by atoms with Crippen LogP contribution in [0.25, 0.3) is 11.1 Å². The summed E-state index contributed by atoms with van der Waals surface area (Å²) in [4.78, 5) is 0. The van der Waals surface area contributed by atoms with Crippen molar-refractivity contribution in [2.24, 2.45) is 0 Å². The molecule has 0 saturated heterocycles. The van der Waals surface area contributed by atoms with Crippen molar-refractivity contribution in [2.75, 3.05) is 0 Å². The Bertz CT molecular complexity index is 608. The van der Waals surface area contributed by atoms with Crippen molar-refractivity contribution < 1.29 is 21.7 Å². The molecule has 0 radical (unpaired) electrons. The molecular weight excluding hydrogens is 340 g/mol. The Hall–Kier alpha value is -1.28. The first kappa shape index (κ1) is 22.7. The molecule has 0 fully saturated rings. The fraction of sp³-hybridized carbons (Fsp3) is 0.136. The number of benzene rings is 2. The van der Waals surface area contributed by atoms with Crippen LogP contribution < -0.4 is 0 Å². The fourth-order valence-corrected chi connectivity index (χ4v) is 2.32. The number of fused-ring (bicyclic) bond motifs is 3. The molecule has 4 rings (SSSR count). The van der Waals surface area contributed by atoms with Crippen LogP contribution in [0.4, 0.5) is 0 Å². The van der Waals surface area contributed by atoms with Gasteiger partial charge < -0.3 is 14.0 Å². The van der Waals surface area contributed by atoms with Crippen LogP contribution in [-0.2, 0) is 28.1 Å². The van der Waals surface area contributed by atoms with E-state index in [0.717, 1.165) is 6.42 Å². The maximum absolute atomic E-state index is 3.78. The second-order valence-corrected chi connectivity index (χ2v) is 8.54. The first-order valence-electron chi connectivity index (χ1n) is 7.76. The Morgan fingerprint density at radius 3 is 2.12 bits per heavy atom. The summed E-state index contributed by atoms with van der Waals surface area (Å²) in [6.45, 7) is 8.17. The van der Waals surface area contributed by atoms with Gasteiger partial charge in [-0.2, -0.15) is 48.0 Å². The zero-order chi connectivity index (χ0) is 15.8. The maximum atomic E-state index is 3.78. The number of rotatable bonds is 0. The molecule has 2 heteroatoms.